The van der Waals surface area contributed by atoms with Crippen LogP contribution in [0, 0.1) is 5.92 Å². The first-order chi connectivity index (χ1) is 6.29. The number of alkyl halides is 3. The quantitative estimate of drug-likeness (QED) is 0.570. The van der Waals surface area contributed by atoms with Gasteiger partial charge in [0.05, 0.1) is 4.87 Å². The summed E-state index contributed by atoms with van der Waals surface area (Å²) < 4.78 is 0.0408. The summed E-state index contributed by atoms with van der Waals surface area (Å²) in [4.78, 5) is 0.148. The molecule has 0 nitrogen and oxygen atoms in total. The molecule has 4 atom stereocenters. The highest BCUT2D eigenvalue weighted by Gasteiger charge is 2.47. The molecule has 0 heterocycles. The molecule has 14 heavy (non-hydrogen) atoms. The van der Waals surface area contributed by atoms with Crippen LogP contribution in [0.15, 0.2) is 11.6 Å². The van der Waals surface area contributed by atoms with Crippen LogP contribution in [0.25, 0.3) is 0 Å². The van der Waals surface area contributed by atoms with Crippen LogP contribution in [0.3, 0.4) is 0 Å². The minimum Gasteiger partial charge on any atom is -0.118 e. The van der Waals surface area contributed by atoms with E-state index in [2.05, 4.69) is 45.7 Å². The lowest BCUT2D eigenvalue weighted by atomic mass is 9.75. The zero-order chi connectivity index (χ0) is 11.0. The van der Waals surface area contributed by atoms with Gasteiger partial charge in [0.1, 0.15) is 0 Å². The average molecular weight is 365 g/mol. The van der Waals surface area contributed by atoms with Gasteiger partial charge in [0.25, 0.3) is 0 Å². The van der Waals surface area contributed by atoms with Crippen molar-refractivity contribution in [3.05, 3.63) is 11.6 Å². The molecule has 1 aliphatic rings. The zero-order valence-electron chi connectivity index (χ0n) is 8.24. The van der Waals surface area contributed by atoms with Gasteiger partial charge in [-0.15, -0.1) is 11.6 Å². The maximum Gasteiger partial charge on any atom is 0.0557 e. The molecule has 1 aliphatic carbocycles. The van der Waals surface area contributed by atoms with Crippen LogP contribution in [-0.2, 0) is 0 Å². The summed E-state index contributed by atoms with van der Waals surface area (Å²) in [5.74, 6) is 0.427. The summed E-state index contributed by atoms with van der Waals surface area (Å²) in [5, 5.41) is 0. The molecule has 4 unspecified atom stereocenters. The topological polar surface area (TPSA) is 0 Å². The number of rotatable bonds is 1. The Hall–Kier alpha value is 1.28. The van der Waals surface area contributed by atoms with Crippen LogP contribution in [-0.4, -0.2) is 14.0 Å². The van der Waals surface area contributed by atoms with Crippen molar-refractivity contribution in [1.82, 2.24) is 0 Å². The SMILES string of the molecule is CC1(Cl)CC(C)(Br)C(/C=C/Cl)CC1Br. The summed E-state index contributed by atoms with van der Waals surface area (Å²) in [6.07, 6.45) is 3.96. The Morgan fingerprint density at radius 1 is 1.43 bits per heavy atom. The van der Waals surface area contributed by atoms with Crippen molar-refractivity contribution in [3.8, 4) is 0 Å². The summed E-state index contributed by atoms with van der Waals surface area (Å²) in [5.41, 5.74) is 1.60. The van der Waals surface area contributed by atoms with Crippen molar-refractivity contribution in [2.24, 2.45) is 5.92 Å². The molecule has 0 aromatic heterocycles. The van der Waals surface area contributed by atoms with E-state index >= 15 is 0 Å². The fraction of sp³-hybridized carbons (Fsp3) is 0.800. The molecule has 0 saturated heterocycles. The third-order valence-electron chi connectivity index (χ3n) is 2.88. The summed E-state index contributed by atoms with van der Waals surface area (Å²) >= 11 is 19.5. The minimum absolute atomic E-state index is 0.0408. The third kappa shape index (κ3) is 2.90. The smallest absolute Gasteiger partial charge is 0.0557 e. The maximum atomic E-state index is 6.44. The number of halogens is 4. The molecule has 0 bridgehead atoms. The van der Waals surface area contributed by atoms with Crippen molar-refractivity contribution in [2.75, 3.05) is 0 Å². The van der Waals surface area contributed by atoms with Gasteiger partial charge in [-0.1, -0.05) is 49.5 Å². The van der Waals surface area contributed by atoms with E-state index in [1.165, 1.54) is 0 Å². The molecule has 1 rings (SSSR count). The number of hydrogen-bond donors (Lipinski definition) is 0. The van der Waals surface area contributed by atoms with E-state index < -0.39 is 0 Å². The van der Waals surface area contributed by atoms with Gasteiger partial charge in [-0.25, -0.2) is 0 Å². The highest BCUT2D eigenvalue weighted by molar-refractivity contribution is 9.10. The van der Waals surface area contributed by atoms with Crippen molar-refractivity contribution >= 4 is 55.1 Å². The van der Waals surface area contributed by atoms with Gasteiger partial charge in [-0.2, -0.15) is 0 Å². The molecule has 0 N–H and O–H groups in total. The highest BCUT2D eigenvalue weighted by Crippen LogP contribution is 2.50. The van der Waals surface area contributed by atoms with Crippen molar-refractivity contribution in [2.45, 2.75) is 40.7 Å². The second-order valence-corrected chi connectivity index (χ2v) is 8.39. The van der Waals surface area contributed by atoms with Crippen LogP contribution < -0.4 is 0 Å². The Balaban J connectivity index is 2.85. The van der Waals surface area contributed by atoms with Crippen LogP contribution in [0.4, 0.5) is 0 Å². The van der Waals surface area contributed by atoms with Gasteiger partial charge in [-0.3, -0.25) is 0 Å². The first-order valence-electron chi connectivity index (χ1n) is 4.58. The molecule has 0 aromatic rings. The fourth-order valence-corrected chi connectivity index (χ4v) is 4.19. The largest absolute Gasteiger partial charge is 0.118 e. The lowest BCUT2D eigenvalue weighted by Crippen LogP contribution is -2.47. The van der Waals surface area contributed by atoms with E-state index in [-0.39, 0.29) is 9.20 Å². The van der Waals surface area contributed by atoms with E-state index in [1.807, 2.05) is 6.08 Å². The predicted molar refractivity (Wildman–Crippen MR) is 72.0 cm³/mol. The third-order valence-corrected chi connectivity index (χ3v) is 5.94. The summed E-state index contributed by atoms with van der Waals surface area (Å²) in [6, 6.07) is 0. The van der Waals surface area contributed by atoms with E-state index in [0.29, 0.717) is 10.7 Å². The number of allylic oxidation sites excluding steroid dienone is 1. The molecule has 1 fully saturated rings. The second-order valence-electron chi connectivity index (χ2n) is 4.36. The van der Waals surface area contributed by atoms with Crippen LogP contribution in [0.5, 0.6) is 0 Å². The molecule has 0 radical (unpaired) electrons. The first-order valence-corrected chi connectivity index (χ1v) is 7.11. The van der Waals surface area contributed by atoms with E-state index in [9.17, 15) is 0 Å². The second kappa shape index (κ2) is 4.65. The molecular weight excluding hydrogens is 351 g/mol. The van der Waals surface area contributed by atoms with E-state index in [1.54, 1.807) is 5.54 Å². The van der Waals surface area contributed by atoms with E-state index in [4.69, 9.17) is 23.2 Å². The fourth-order valence-electron chi connectivity index (χ4n) is 2.00. The Labute approximate surface area is 113 Å². The van der Waals surface area contributed by atoms with Crippen molar-refractivity contribution in [3.63, 3.8) is 0 Å². The predicted octanol–water partition coefficient (Wildman–Crippen LogP) is 5.06. The standard InChI is InChI=1S/C10H14Br2Cl2/c1-9(12)6-10(2,14)8(11)5-7(9)3-4-13/h3-4,7-8H,5-6H2,1-2H3/b4-3+. The Morgan fingerprint density at radius 2 is 2.00 bits per heavy atom. The normalized spacial score (nSPS) is 49.9. The Bertz CT molecular complexity index is 236. The summed E-state index contributed by atoms with van der Waals surface area (Å²) in [7, 11) is 0. The Morgan fingerprint density at radius 3 is 2.50 bits per heavy atom. The molecule has 0 spiro atoms. The van der Waals surface area contributed by atoms with Crippen LogP contribution in [0.2, 0.25) is 0 Å². The summed E-state index contributed by atoms with van der Waals surface area (Å²) in [6.45, 7) is 4.25. The van der Waals surface area contributed by atoms with Crippen molar-refractivity contribution in [1.29, 1.82) is 0 Å². The maximum absolute atomic E-state index is 6.44. The number of hydrogen-bond acceptors (Lipinski definition) is 0. The van der Waals surface area contributed by atoms with Gasteiger partial charge in [0.15, 0.2) is 0 Å². The first kappa shape index (κ1) is 13.3. The van der Waals surface area contributed by atoms with Gasteiger partial charge >= 0.3 is 0 Å². The zero-order valence-corrected chi connectivity index (χ0v) is 12.9. The molecule has 4 heteroatoms. The molecule has 1 saturated carbocycles. The molecule has 82 valence electrons. The lowest BCUT2D eigenvalue weighted by molar-refractivity contribution is 0.310. The minimum atomic E-state index is -0.186. The average Bonchev–Trinajstić information content (AvgIpc) is 1.99. The lowest BCUT2D eigenvalue weighted by Gasteiger charge is -2.45. The van der Waals surface area contributed by atoms with Gasteiger partial charge < -0.3 is 0 Å². The van der Waals surface area contributed by atoms with Gasteiger partial charge in [0.2, 0.25) is 0 Å². The van der Waals surface area contributed by atoms with Crippen molar-refractivity contribution < 1.29 is 0 Å². The van der Waals surface area contributed by atoms with Crippen LogP contribution in [0.1, 0.15) is 26.7 Å². The molecule has 0 aromatic carbocycles. The van der Waals surface area contributed by atoms with Gasteiger partial charge in [-0.05, 0) is 32.6 Å². The highest BCUT2D eigenvalue weighted by atomic mass is 79.9. The van der Waals surface area contributed by atoms with E-state index in [0.717, 1.165) is 12.8 Å². The molecule has 0 amide bonds. The van der Waals surface area contributed by atoms with Gasteiger partial charge in [0, 0.05) is 14.7 Å². The molecule has 0 aliphatic heterocycles. The Kier molecular flexibility index (Phi) is 4.43. The molecular formula is C10H14Br2Cl2. The van der Waals surface area contributed by atoms with Crippen LogP contribution >= 0.6 is 55.1 Å². The monoisotopic (exact) mass is 362 g/mol.